The van der Waals surface area contributed by atoms with E-state index in [1.165, 1.54) is 0 Å². The van der Waals surface area contributed by atoms with Crippen LogP contribution in [0.1, 0.15) is 30.6 Å². The van der Waals surface area contributed by atoms with Crippen LogP contribution in [-0.2, 0) is 4.79 Å². The standard InChI is InChI=1S/C15H18N2O3/c1-10(2)7-13(15(19)20)16-14(18)11-8-12-5-3-4-6-17(12)9-11/h3-6,8-10,13H,7H2,1-2H3,(H,16,18)(H,19,20). The Labute approximate surface area is 117 Å². The molecule has 0 aliphatic heterocycles. The van der Waals surface area contributed by atoms with Gasteiger partial charge in [-0.1, -0.05) is 19.9 Å². The second kappa shape index (κ2) is 5.77. The number of carbonyl (C=O) groups is 2. The van der Waals surface area contributed by atoms with Crippen molar-refractivity contribution in [2.24, 2.45) is 5.92 Å². The largest absolute Gasteiger partial charge is 0.480 e. The summed E-state index contributed by atoms with van der Waals surface area (Å²) in [6.45, 7) is 3.85. The van der Waals surface area contributed by atoms with Gasteiger partial charge in [0.2, 0.25) is 0 Å². The molecule has 5 heteroatoms. The molecule has 0 saturated carbocycles. The monoisotopic (exact) mass is 274 g/mol. The second-order valence-electron chi connectivity index (χ2n) is 5.26. The van der Waals surface area contributed by atoms with Crippen LogP contribution in [0.15, 0.2) is 36.7 Å². The first-order valence-corrected chi connectivity index (χ1v) is 6.58. The summed E-state index contributed by atoms with van der Waals surface area (Å²) >= 11 is 0. The summed E-state index contributed by atoms with van der Waals surface area (Å²) < 4.78 is 1.83. The first-order chi connectivity index (χ1) is 9.47. The number of fused-ring (bicyclic) bond motifs is 1. The van der Waals surface area contributed by atoms with Crippen LogP contribution < -0.4 is 5.32 Å². The molecule has 5 nitrogen and oxygen atoms in total. The number of carboxylic acids is 1. The number of hydrogen-bond donors (Lipinski definition) is 2. The van der Waals surface area contributed by atoms with Gasteiger partial charge in [-0.2, -0.15) is 0 Å². The maximum atomic E-state index is 12.1. The number of nitrogens with one attached hydrogen (secondary N) is 1. The Morgan fingerprint density at radius 2 is 2.10 bits per heavy atom. The lowest BCUT2D eigenvalue weighted by Gasteiger charge is -2.15. The van der Waals surface area contributed by atoms with Crippen molar-refractivity contribution in [3.05, 3.63) is 42.2 Å². The highest BCUT2D eigenvalue weighted by molar-refractivity contribution is 5.97. The van der Waals surface area contributed by atoms with Gasteiger partial charge in [-0.05, 0) is 30.5 Å². The number of rotatable bonds is 5. The zero-order valence-electron chi connectivity index (χ0n) is 11.5. The number of pyridine rings is 1. The summed E-state index contributed by atoms with van der Waals surface area (Å²) in [6.07, 6.45) is 3.95. The van der Waals surface area contributed by atoms with E-state index >= 15 is 0 Å². The molecule has 1 amide bonds. The van der Waals surface area contributed by atoms with E-state index in [1.54, 1.807) is 12.3 Å². The second-order valence-corrected chi connectivity index (χ2v) is 5.26. The Kier molecular flexibility index (Phi) is 4.08. The minimum Gasteiger partial charge on any atom is -0.480 e. The third-order valence-electron chi connectivity index (χ3n) is 3.08. The predicted octanol–water partition coefficient (Wildman–Crippen LogP) is 2.17. The van der Waals surface area contributed by atoms with E-state index < -0.39 is 12.0 Å². The molecule has 20 heavy (non-hydrogen) atoms. The highest BCUT2D eigenvalue weighted by Crippen LogP contribution is 2.11. The molecule has 0 aromatic carbocycles. The molecule has 0 fully saturated rings. The summed E-state index contributed by atoms with van der Waals surface area (Å²) in [5.41, 5.74) is 1.36. The summed E-state index contributed by atoms with van der Waals surface area (Å²) in [5, 5.41) is 11.7. The summed E-state index contributed by atoms with van der Waals surface area (Å²) in [6, 6.07) is 6.53. The Balaban J connectivity index is 2.15. The fourth-order valence-corrected chi connectivity index (χ4v) is 2.11. The lowest BCUT2D eigenvalue weighted by Crippen LogP contribution is -2.41. The van der Waals surface area contributed by atoms with Crippen LogP contribution in [-0.4, -0.2) is 27.4 Å². The fourth-order valence-electron chi connectivity index (χ4n) is 2.11. The smallest absolute Gasteiger partial charge is 0.326 e. The number of hydrogen-bond acceptors (Lipinski definition) is 2. The topological polar surface area (TPSA) is 70.8 Å². The van der Waals surface area contributed by atoms with Crippen LogP contribution in [0.4, 0.5) is 0 Å². The van der Waals surface area contributed by atoms with Crippen LogP contribution in [0.2, 0.25) is 0 Å². The first-order valence-electron chi connectivity index (χ1n) is 6.58. The average Bonchev–Trinajstić information content (AvgIpc) is 2.81. The molecule has 2 N–H and O–H groups in total. The Bertz CT molecular complexity index is 598. The van der Waals surface area contributed by atoms with Crippen LogP contribution >= 0.6 is 0 Å². The van der Waals surface area contributed by atoms with Gasteiger partial charge >= 0.3 is 5.97 Å². The van der Waals surface area contributed by atoms with E-state index in [2.05, 4.69) is 5.32 Å². The van der Waals surface area contributed by atoms with Crippen molar-refractivity contribution in [3.8, 4) is 0 Å². The lowest BCUT2D eigenvalue weighted by molar-refractivity contribution is -0.139. The molecular formula is C15H18N2O3. The number of amides is 1. The van der Waals surface area contributed by atoms with Crippen molar-refractivity contribution >= 4 is 17.4 Å². The van der Waals surface area contributed by atoms with Gasteiger partial charge in [-0.3, -0.25) is 4.79 Å². The molecule has 0 spiro atoms. The molecule has 0 saturated heterocycles. The number of aromatic nitrogens is 1. The lowest BCUT2D eigenvalue weighted by atomic mass is 10.0. The van der Waals surface area contributed by atoms with E-state index in [9.17, 15) is 9.59 Å². The molecule has 2 heterocycles. The quantitative estimate of drug-likeness (QED) is 0.877. The van der Waals surface area contributed by atoms with E-state index in [0.717, 1.165) is 5.52 Å². The van der Waals surface area contributed by atoms with Crippen molar-refractivity contribution < 1.29 is 14.7 Å². The number of carbonyl (C=O) groups excluding carboxylic acids is 1. The molecule has 1 atom stereocenters. The van der Waals surface area contributed by atoms with Crippen LogP contribution in [0.25, 0.3) is 5.52 Å². The maximum absolute atomic E-state index is 12.1. The molecule has 1 unspecified atom stereocenters. The van der Waals surface area contributed by atoms with Crippen molar-refractivity contribution in [3.63, 3.8) is 0 Å². The van der Waals surface area contributed by atoms with Gasteiger partial charge in [0.1, 0.15) is 6.04 Å². The van der Waals surface area contributed by atoms with E-state index in [0.29, 0.717) is 12.0 Å². The Hall–Kier alpha value is -2.30. The molecule has 2 aromatic heterocycles. The minimum atomic E-state index is -1.00. The van der Waals surface area contributed by atoms with Gasteiger partial charge in [0.15, 0.2) is 0 Å². The molecule has 0 bridgehead atoms. The van der Waals surface area contributed by atoms with E-state index in [4.69, 9.17) is 5.11 Å². The Morgan fingerprint density at radius 3 is 2.70 bits per heavy atom. The average molecular weight is 274 g/mol. The summed E-state index contributed by atoms with van der Waals surface area (Å²) in [5.74, 6) is -1.16. The molecule has 2 aromatic rings. The third-order valence-corrected chi connectivity index (χ3v) is 3.08. The van der Waals surface area contributed by atoms with Crippen molar-refractivity contribution in [1.29, 1.82) is 0 Å². The van der Waals surface area contributed by atoms with Gasteiger partial charge in [-0.15, -0.1) is 0 Å². The zero-order chi connectivity index (χ0) is 14.7. The number of carboxylic acid groups (broad SMARTS) is 1. The first kappa shape index (κ1) is 14.1. The molecule has 0 aliphatic rings. The minimum absolute atomic E-state index is 0.199. The SMILES string of the molecule is CC(C)CC(NC(=O)c1cc2ccccn2c1)C(=O)O. The summed E-state index contributed by atoms with van der Waals surface area (Å²) in [4.78, 5) is 23.3. The predicted molar refractivity (Wildman–Crippen MR) is 75.7 cm³/mol. The van der Waals surface area contributed by atoms with Crippen LogP contribution in [0, 0.1) is 5.92 Å². The van der Waals surface area contributed by atoms with Gasteiger partial charge in [0.05, 0.1) is 5.56 Å². The number of nitrogens with zero attached hydrogens (tertiary/aromatic N) is 1. The van der Waals surface area contributed by atoms with Crippen LogP contribution in [0.5, 0.6) is 0 Å². The van der Waals surface area contributed by atoms with Crippen molar-refractivity contribution in [1.82, 2.24) is 9.72 Å². The third kappa shape index (κ3) is 3.17. The van der Waals surface area contributed by atoms with Gasteiger partial charge in [-0.25, -0.2) is 4.79 Å². The van der Waals surface area contributed by atoms with Gasteiger partial charge < -0.3 is 14.8 Å². The molecule has 0 radical (unpaired) electrons. The molecule has 106 valence electrons. The van der Waals surface area contributed by atoms with Crippen molar-refractivity contribution in [2.75, 3.05) is 0 Å². The highest BCUT2D eigenvalue weighted by Gasteiger charge is 2.22. The van der Waals surface area contributed by atoms with E-state index in [1.807, 2.05) is 42.6 Å². The fraction of sp³-hybridized carbons (Fsp3) is 0.333. The molecule has 2 rings (SSSR count). The van der Waals surface area contributed by atoms with Crippen molar-refractivity contribution in [2.45, 2.75) is 26.3 Å². The normalized spacial score (nSPS) is 12.6. The zero-order valence-corrected chi connectivity index (χ0v) is 11.5. The number of aliphatic carboxylic acids is 1. The maximum Gasteiger partial charge on any atom is 0.326 e. The van der Waals surface area contributed by atoms with Gasteiger partial charge in [0, 0.05) is 17.9 Å². The van der Waals surface area contributed by atoms with Crippen LogP contribution in [0.3, 0.4) is 0 Å². The van der Waals surface area contributed by atoms with Gasteiger partial charge in [0.25, 0.3) is 5.91 Å². The molecular weight excluding hydrogens is 256 g/mol. The summed E-state index contributed by atoms with van der Waals surface area (Å²) in [7, 11) is 0. The molecule has 0 aliphatic carbocycles. The van der Waals surface area contributed by atoms with E-state index in [-0.39, 0.29) is 11.8 Å². The highest BCUT2D eigenvalue weighted by atomic mass is 16.4. The Morgan fingerprint density at radius 1 is 1.35 bits per heavy atom.